The number of rotatable bonds is 3. The van der Waals surface area contributed by atoms with Crippen molar-refractivity contribution in [3.63, 3.8) is 0 Å². The maximum Gasteiger partial charge on any atom is 0.407 e. The van der Waals surface area contributed by atoms with Crippen LogP contribution >= 0.6 is 0 Å². The van der Waals surface area contributed by atoms with Gasteiger partial charge in [0.2, 0.25) is 0 Å². The van der Waals surface area contributed by atoms with Gasteiger partial charge >= 0.3 is 6.09 Å². The molecule has 0 aromatic heterocycles. The van der Waals surface area contributed by atoms with Gasteiger partial charge in [0, 0.05) is 18.7 Å². The van der Waals surface area contributed by atoms with Crippen LogP contribution in [0.2, 0.25) is 0 Å². The molecule has 5 nitrogen and oxygen atoms in total. The van der Waals surface area contributed by atoms with Crippen molar-refractivity contribution in [2.24, 2.45) is 0 Å². The first-order valence-corrected chi connectivity index (χ1v) is 6.90. The summed E-state index contributed by atoms with van der Waals surface area (Å²) in [6.07, 6.45) is 3.31. The second-order valence-electron chi connectivity index (χ2n) is 5.88. The summed E-state index contributed by atoms with van der Waals surface area (Å²) in [5.41, 5.74) is 2.24. The number of benzene rings is 1. The van der Waals surface area contributed by atoms with Crippen LogP contribution in [0.15, 0.2) is 24.3 Å². The van der Waals surface area contributed by atoms with Gasteiger partial charge in [-0.25, -0.2) is 4.79 Å². The van der Waals surface area contributed by atoms with Gasteiger partial charge in [-0.3, -0.25) is 4.79 Å². The number of fused-ring (bicyclic) bond motifs is 1. The molecule has 21 heavy (non-hydrogen) atoms. The largest absolute Gasteiger partial charge is 0.444 e. The third kappa shape index (κ3) is 4.34. The topological polar surface area (TPSA) is 67.4 Å². The van der Waals surface area contributed by atoms with Crippen LogP contribution in [0.3, 0.4) is 0 Å². The second-order valence-corrected chi connectivity index (χ2v) is 5.88. The summed E-state index contributed by atoms with van der Waals surface area (Å²) in [7, 11) is 0. The lowest BCUT2D eigenvalue weighted by atomic mass is 10.1. The number of carbonyl (C=O) groups excluding carboxylic acids is 2. The molecule has 0 bridgehead atoms. The fourth-order valence-electron chi connectivity index (χ4n) is 2.01. The van der Waals surface area contributed by atoms with E-state index in [9.17, 15) is 9.59 Å². The predicted molar refractivity (Wildman–Crippen MR) is 80.9 cm³/mol. The summed E-state index contributed by atoms with van der Waals surface area (Å²) in [5.74, 6) is -0.0212. The van der Waals surface area contributed by atoms with Crippen molar-refractivity contribution in [1.29, 1.82) is 0 Å². The lowest BCUT2D eigenvalue weighted by Gasteiger charge is -2.19. The molecule has 0 radical (unpaired) electrons. The molecule has 2 amide bonds. The predicted octanol–water partition coefficient (Wildman–Crippen LogP) is 2.47. The molecule has 2 rings (SSSR count). The molecule has 5 heteroatoms. The van der Waals surface area contributed by atoms with Crippen molar-refractivity contribution >= 4 is 18.1 Å². The quantitative estimate of drug-likeness (QED) is 0.898. The summed E-state index contributed by atoms with van der Waals surface area (Å²) >= 11 is 0. The van der Waals surface area contributed by atoms with E-state index in [4.69, 9.17) is 4.74 Å². The smallest absolute Gasteiger partial charge is 0.407 e. The Hall–Kier alpha value is -2.30. The first-order chi connectivity index (χ1) is 9.85. The van der Waals surface area contributed by atoms with E-state index in [0.29, 0.717) is 13.1 Å². The highest BCUT2D eigenvalue weighted by Gasteiger charge is 2.18. The number of ether oxygens (including phenoxy) is 1. The SMILES string of the molecule is CC(C)(C)OC(=O)NCC=Cc1ccc2c(c1)CNC2=O. The van der Waals surface area contributed by atoms with Gasteiger partial charge in [0.25, 0.3) is 5.91 Å². The van der Waals surface area contributed by atoms with Gasteiger partial charge in [-0.1, -0.05) is 18.2 Å². The number of amides is 2. The summed E-state index contributed by atoms with van der Waals surface area (Å²) in [5, 5.41) is 5.43. The maximum absolute atomic E-state index is 11.4. The molecule has 0 unspecified atom stereocenters. The van der Waals surface area contributed by atoms with Gasteiger partial charge in [-0.2, -0.15) is 0 Å². The minimum absolute atomic E-state index is 0.0212. The highest BCUT2D eigenvalue weighted by molar-refractivity contribution is 5.98. The van der Waals surface area contributed by atoms with Crippen LogP contribution in [0, 0.1) is 0 Å². The molecular formula is C16H20N2O3. The number of alkyl carbamates (subject to hydrolysis) is 1. The molecule has 112 valence electrons. The molecule has 0 aliphatic carbocycles. The average Bonchev–Trinajstić information content (AvgIpc) is 2.74. The molecule has 2 N–H and O–H groups in total. The van der Waals surface area contributed by atoms with Crippen LogP contribution in [0.1, 0.15) is 42.3 Å². The first-order valence-electron chi connectivity index (χ1n) is 6.90. The van der Waals surface area contributed by atoms with Gasteiger partial charge in [-0.05, 0) is 44.0 Å². The van der Waals surface area contributed by atoms with E-state index < -0.39 is 11.7 Å². The summed E-state index contributed by atoms with van der Waals surface area (Å²) < 4.78 is 5.13. The number of carbonyl (C=O) groups is 2. The van der Waals surface area contributed by atoms with E-state index >= 15 is 0 Å². The summed E-state index contributed by atoms with van der Waals surface area (Å²) in [4.78, 5) is 22.9. The van der Waals surface area contributed by atoms with Crippen LogP contribution in [0.25, 0.3) is 6.08 Å². The fraction of sp³-hybridized carbons (Fsp3) is 0.375. The van der Waals surface area contributed by atoms with E-state index in [-0.39, 0.29) is 5.91 Å². The van der Waals surface area contributed by atoms with E-state index in [2.05, 4.69) is 10.6 Å². The molecule has 0 saturated carbocycles. The normalized spacial score (nSPS) is 14.0. The monoisotopic (exact) mass is 288 g/mol. The Labute approximate surface area is 124 Å². The van der Waals surface area contributed by atoms with Gasteiger partial charge in [0.05, 0.1) is 0 Å². The van der Waals surface area contributed by atoms with Crippen LogP contribution in [-0.2, 0) is 11.3 Å². The van der Waals surface area contributed by atoms with Gasteiger partial charge in [0.1, 0.15) is 5.60 Å². The zero-order chi connectivity index (χ0) is 15.5. The van der Waals surface area contributed by atoms with Gasteiger partial charge in [-0.15, -0.1) is 0 Å². The molecule has 1 heterocycles. The van der Waals surface area contributed by atoms with E-state index in [1.165, 1.54) is 0 Å². The Morgan fingerprint density at radius 3 is 2.90 bits per heavy atom. The molecule has 0 atom stereocenters. The number of hydrogen-bond donors (Lipinski definition) is 2. The minimum Gasteiger partial charge on any atom is -0.444 e. The Bertz CT molecular complexity index is 586. The van der Waals surface area contributed by atoms with Crippen LogP contribution < -0.4 is 10.6 Å². The highest BCUT2D eigenvalue weighted by atomic mass is 16.6. The second kappa shape index (κ2) is 5.99. The van der Waals surface area contributed by atoms with Crippen molar-refractivity contribution in [1.82, 2.24) is 10.6 Å². The van der Waals surface area contributed by atoms with Gasteiger partial charge < -0.3 is 15.4 Å². The molecule has 1 aromatic carbocycles. The number of nitrogens with one attached hydrogen (secondary N) is 2. The lowest BCUT2D eigenvalue weighted by Crippen LogP contribution is -2.32. The van der Waals surface area contributed by atoms with Gasteiger partial charge in [0.15, 0.2) is 0 Å². The standard InChI is InChI=1S/C16H20N2O3/c1-16(2,3)21-15(20)17-8-4-5-11-6-7-13-12(9-11)10-18-14(13)19/h4-7,9H,8,10H2,1-3H3,(H,17,20)(H,18,19). The third-order valence-corrected chi connectivity index (χ3v) is 2.89. The first kappa shape index (κ1) is 15.1. The Kier molecular flexibility index (Phi) is 4.31. The van der Waals surface area contributed by atoms with Crippen LogP contribution in [-0.4, -0.2) is 24.1 Å². The zero-order valence-electron chi connectivity index (χ0n) is 12.5. The number of hydrogen-bond acceptors (Lipinski definition) is 3. The fourth-order valence-corrected chi connectivity index (χ4v) is 2.01. The van der Waals surface area contributed by atoms with Crippen LogP contribution in [0.4, 0.5) is 4.79 Å². The average molecular weight is 288 g/mol. The van der Waals surface area contributed by atoms with Crippen molar-refractivity contribution in [2.45, 2.75) is 32.9 Å². The molecule has 0 spiro atoms. The lowest BCUT2D eigenvalue weighted by molar-refractivity contribution is 0.0534. The third-order valence-electron chi connectivity index (χ3n) is 2.89. The van der Waals surface area contributed by atoms with Crippen LogP contribution in [0.5, 0.6) is 0 Å². The van der Waals surface area contributed by atoms with E-state index in [0.717, 1.165) is 16.7 Å². The van der Waals surface area contributed by atoms with Crippen molar-refractivity contribution in [2.75, 3.05) is 6.54 Å². The van der Waals surface area contributed by atoms with Crippen molar-refractivity contribution in [3.05, 3.63) is 41.0 Å². The van der Waals surface area contributed by atoms with E-state index in [1.807, 2.05) is 51.1 Å². The Morgan fingerprint density at radius 2 is 2.19 bits per heavy atom. The zero-order valence-corrected chi connectivity index (χ0v) is 12.5. The Balaban J connectivity index is 1.85. The van der Waals surface area contributed by atoms with E-state index in [1.54, 1.807) is 0 Å². The molecule has 1 aromatic rings. The minimum atomic E-state index is -0.493. The Morgan fingerprint density at radius 1 is 1.43 bits per heavy atom. The molecule has 1 aliphatic heterocycles. The summed E-state index contributed by atoms with van der Waals surface area (Å²) in [6.45, 7) is 6.43. The molecule has 0 fully saturated rings. The summed E-state index contributed by atoms with van der Waals surface area (Å²) in [6, 6.07) is 5.67. The van der Waals surface area contributed by atoms with Crippen molar-refractivity contribution < 1.29 is 14.3 Å². The molecule has 1 aliphatic rings. The maximum atomic E-state index is 11.4. The molecular weight excluding hydrogens is 268 g/mol. The highest BCUT2D eigenvalue weighted by Crippen LogP contribution is 2.17. The molecule has 0 saturated heterocycles. The van der Waals surface area contributed by atoms with Crippen molar-refractivity contribution in [3.8, 4) is 0 Å².